The Labute approximate surface area is 162 Å². The first kappa shape index (κ1) is 18.0. The average Bonchev–Trinajstić information content (AvgIpc) is 3.07. The standard InChI is InChI=1S/C20H24N4O2S/c1-3-13-5-7-14(8-6-13)26-12-17-22-19-18(20(25)24(17)21)15-9-10-23(4-2)11-16(15)27-19/h5-8H,3-4,9-12,21H2,1-2H3. The van der Waals surface area contributed by atoms with Crippen molar-refractivity contribution in [2.24, 2.45) is 0 Å². The molecule has 0 aliphatic carbocycles. The van der Waals surface area contributed by atoms with E-state index in [0.29, 0.717) is 11.2 Å². The molecule has 2 N–H and O–H groups in total. The molecule has 3 aromatic rings. The summed E-state index contributed by atoms with van der Waals surface area (Å²) in [7, 11) is 0. The van der Waals surface area contributed by atoms with Gasteiger partial charge >= 0.3 is 0 Å². The number of aromatic nitrogens is 2. The van der Waals surface area contributed by atoms with Gasteiger partial charge in [0, 0.05) is 18.0 Å². The van der Waals surface area contributed by atoms with Gasteiger partial charge in [-0.3, -0.25) is 9.69 Å². The number of ether oxygens (including phenoxy) is 1. The lowest BCUT2D eigenvalue weighted by molar-refractivity contribution is 0.272. The molecule has 1 aliphatic heterocycles. The van der Waals surface area contributed by atoms with Gasteiger partial charge in [0.25, 0.3) is 5.56 Å². The summed E-state index contributed by atoms with van der Waals surface area (Å²) in [6.45, 7) is 7.30. The number of aryl methyl sites for hydroxylation is 1. The van der Waals surface area contributed by atoms with Crippen LogP contribution in [0.2, 0.25) is 0 Å². The zero-order valence-corrected chi connectivity index (χ0v) is 16.5. The second kappa shape index (κ2) is 7.32. The number of hydrogen-bond acceptors (Lipinski definition) is 6. The van der Waals surface area contributed by atoms with Gasteiger partial charge in [-0.15, -0.1) is 11.3 Å². The number of hydrogen-bond donors (Lipinski definition) is 1. The van der Waals surface area contributed by atoms with E-state index in [9.17, 15) is 4.79 Å². The van der Waals surface area contributed by atoms with Crippen LogP contribution in [0, 0.1) is 0 Å². The summed E-state index contributed by atoms with van der Waals surface area (Å²) < 4.78 is 6.95. The Bertz CT molecular complexity index is 1020. The summed E-state index contributed by atoms with van der Waals surface area (Å²) in [4.78, 5) is 21.9. The molecule has 142 valence electrons. The van der Waals surface area contributed by atoms with E-state index >= 15 is 0 Å². The Balaban J connectivity index is 1.64. The second-order valence-corrected chi connectivity index (χ2v) is 7.88. The zero-order valence-electron chi connectivity index (χ0n) is 15.7. The number of likely N-dealkylation sites (N-methyl/N-ethyl adjacent to an activating group) is 1. The van der Waals surface area contributed by atoms with Crippen LogP contribution >= 0.6 is 11.3 Å². The topological polar surface area (TPSA) is 73.4 Å². The van der Waals surface area contributed by atoms with Gasteiger partial charge in [0.05, 0.1) is 5.39 Å². The minimum Gasteiger partial charge on any atom is -0.486 e. The molecule has 0 unspecified atom stereocenters. The van der Waals surface area contributed by atoms with Gasteiger partial charge in [0.2, 0.25) is 0 Å². The highest BCUT2D eigenvalue weighted by Gasteiger charge is 2.24. The van der Waals surface area contributed by atoms with Crippen molar-refractivity contribution < 1.29 is 4.74 Å². The van der Waals surface area contributed by atoms with Crippen LogP contribution in [0.15, 0.2) is 29.1 Å². The summed E-state index contributed by atoms with van der Waals surface area (Å²) in [5, 5.41) is 0.685. The highest BCUT2D eigenvalue weighted by Crippen LogP contribution is 2.32. The first-order valence-corrected chi connectivity index (χ1v) is 10.2. The van der Waals surface area contributed by atoms with Gasteiger partial charge in [-0.2, -0.15) is 0 Å². The Morgan fingerprint density at radius 2 is 2.04 bits per heavy atom. The van der Waals surface area contributed by atoms with E-state index in [-0.39, 0.29) is 12.2 Å². The molecule has 4 rings (SSSR count). The number of nitrogens with zero attached hydrogens (tertiary/aromatic N) is 3. The maximum Gasteiger partial charge on any atom is 0.281 e. The maximum atomic E-state index is 12.9. The number of rotatable bonds is 5. The molecular formula is C20H24N4O2S. The van der Waals surface area contributed by atoms with Crippen LogP contribution < -0.4 is 16.1 Å². The fourth-order valence-corrected chi connectivity index (χ4v) is 4.76. The van der Waals surface area contributed by atoms with E-state index in [1.54, 1.807) is 11.3 Å². The lowest BCUT2D eigenvalue weighted by atomic mass is 10.1. The normalized spacial score (nSPS) is 14.4. The van der Waals surface area contributed by atoms with Crippen molar-refractivity contribution in [2.75, 3.05) is 18.9 Å². The van der Waals surface area contributed by atoms with Gasteiger partial charge in [-0.25, -0.2) is 9.66 Å². The molecule has 6 nitrogen and oxygen atoms in total. The summed E-state index contributed by atoms with van der Waals surface area (Å²) in [6, 6.07) is 7.93. The summed E-state index contributed by atoms with van der Waals surface area (Å²) in [6.07, 6.45) is 1.86. The third-order valence-corrected chi connectivity index (χ3v) is 6.32. The minimum absolute atomic E-state index is 0.163. The highest BCUT2D eigenvalue weighted by molar-refractivity contribution is 7.18. The molecule has 27 heavy (non-hydrogen) atoms. The van der Waals surface area contributed by atoms with Crippen LogP contribution in [-0.4, -0.2) is 27.6 Å². The smallest absolute Gasteiger partial charge is 0.281 e. The monoisotopic (exact) mass is 384 g/mol. The van der Waals surface area contributed by atoms with E-state index < -0.39 is 0 Å². The molecular weight excluding hydrogens is 360 g/mol. The predicted octanol–water partition coefficient (Wildman–Crippen LogP) is 2.69. The van der Waals surface area contributed by atoms with E-state index in [2.05, 4.69) is 23.7 Å². The van der Waals surface area contributed by atoms with Crippen LogP contribution in [0.4, 0.5) is 0 Å². The summed E-state index contributed by atoms with van der Waals surface area (Å²) in [5.41, 5.74) is 2.20. The fourth-order valence-electron chi connectivity index (χ4n) is 3.49. The summed E-state index contributed by atoms with van der Waals surface area (Å²) >= 11 is 1.61. The van der Waals surface area contributed by atoms with Crippen LogP contribution in [-0.2, 0) is 26.0 Å². The summed E-state index contributed by atoms with van der Waals surface area (Å²) in [5.74, 6) is 7.24. The lowest BCUT2D eigenvalue weighted by Crippen LogP contribution is -2.33. The molecule has 0 bridgehead atoms. The molecule has 1 aromatic carbocycles. The molecule has 7 heteroatoms. The number of benzene rings is 1. The molecule has 0 saturated carbocycles. The first-order chi connectivity index (χ1) is 13.1. The molecule has 0 fully saturated rings. The van der Waals surface area contributed by atoms with E-state index in [4.69, 9.17) is 10.6 Å². The van der Waals surface area contributed by atoms with Crippen molar-refractivity contribution in [1.82, 2.24) is 14.6 Å². The molecule has 0 atom stereocenters. The number of fused-ring (bicyclic) bond motifs is 3. The maximum absolute atomic E-state index is 12.9. The number of nitrogens with two attached hydrogens (primary N) is 1. The molecule has 0 spiro atoms. The number of nitrogen functional groups attached to an aromatic ring is 1. The molecule has 0 radical (unpaired) electrons. The van der Waals surface area contributed by atoms with Gasteiger partial charge in [-0.1, -0.05) is 26.0 Å². The highest BCUT2D eigenvalue weighted by atomic mass is 32.1. The van der Waals surface area contributed by atoms with Gasteiger partial charge in [-0.05, 0) is 42.6 Å². The van der Waals surface area contributed by atoms with Crippen LogP contribution in [0.1, 0.15) is 35.7 Å². The van der Waals surface area contributed by atoms with Gasteiger partial charge < -0.3 is 10.6 Å². The van der Waals surface area contributed by atoms with Crippen molar-refractivity contribution in [1.29, 1.82) is 0 Å². The Hall–Kier alpha value is -2.38. The Morgan fingerprint density at radius 3 is 2.74 bits per heavy atom. The lowest BCUT2D eigenvalue weighted by Gasteiger charge is -2.24. The van der Waals surface area contributed by atoms with Crippen molar-refractivity contribution in [3.8, 4) is 5.75 Å². The second-order valence-electron chi connectivity index (χ2n) is 6.79. The van der Waals surface area contributed by atoms with Crippen molar-refractivity contribution in [3.63, 3.8) is 0 Å². The van der Waals surface area contributed by atoms with E-state index in [1.807, 2.05) is 24.3 Å². The van der Waals surface area contributed by atoms with Crippen LogP contribution in [0.5, 0.6) is 5.75 Å². The minimum atomic E-state index is -0.178. The van der Waals surface area contributed by atoms with Gasteiger partial charge in [0.15, 0.2) is 5.82 Å². The average molecular weight is 385 g/mol. The SMILES string of the molecule is CCc1ccc(OCc2nc3sc4c(c3c(=O)n2N)CCN(CC)C4)cc1. The quantitative estimate of drug-likeness (QED) is 0.685. The van der Waals surface area contributed by atoms with Gasteiger partial charge in [0.1, 0.15) is 17.2 Å². The van der Waals surface area contributed by atoms with Crippen molar-refractivity contribution in [3.05, 3.63) is 56.4 Å². The fraction of sp³-hybridized carbons (Fsp3) is 0.400. The number of thiophene rings is 1. The molecule has 3 heterocycles. The predicted molar refractivity (Wildman–Crippen MR) is 109 cm³/mol. The van der Waals surface area contributed by atoms with Crippen molar-refractivity contribution in [2.45, 2.75) is 39.8 Å². The zero-order chi connectivity index (χ0) is 19.0. The van der Waals surface area contributed by atoms with E-state index in [0.717, 1.165) is 53.3 Å². The van der Waals surface area contributed by atoms with Crippen LogP contribution in [0.3, 0.4) is 0 Å². The Morgan fingerprint density at radius 1 is 1.26 bits per heavy atom. The van der Waals surface area contributed by atoms with Crippen LogP contribution in [0.25, 0.3) is 10.2 Å². The third kappa shape index (κ3) is 3.33. The molecule has 2 aromatic heterocycles. The molecule has 1 aliphatic rings. The largest absolute Gasteiger partial charge is 0.486 e. The Kier molecular flexibility index (Phi) is 4.88. The molecule has 0 saturated heterocycles. The van der Waals surface area contributed by atoms with E-state index in [1.165, 1.54) is 10.4 Å². The molecule has 0 amide bonds. The van der Waals surface area contributed by atoms with Crippen molar-refractivity contribution >= 4 is 21.6 Å². The first-order valence-electron chi connectivity index (χ1n) is 9.36. The third-order valence-electron chi connectivity index (χ3n) is 5.21.